The third-order valence-electron chi connectivity index (χ3n) is 2.42. The largest absolute Gasteiger partial charge is 0.391 e. The first-order valence-corrected chi connectivity index (χ1v) is 5.76. The Morgan fingerprint density at radius 2 is 2.00 bits per heavy atom. The first-order chi connectivity index (χ1) is 7.26. The second kappa shape index (κ2) is 6.86. The number of nitrogens with one attached hydrogen (secondary N) is 1. The van der Waals surface area contributed by atoms with Crippen molar-refractivity contribution in [2.75, 3.05) is 13.7 Å². The lowest BCUT2D eigenvalue weighted by molar-refractivity contribution is -0.126. The molecular weight excluding hydrogens is 206 g/mol. The predicted molar refractivity (Wildman–Crippen MR) is 64.2 cm³/mol. The van der Waals surface area contributed by atoms with Gasteiger partial charge in [0.05, 0.1) is 18.1 Å². The Kier molecular flexibility index (Phi) is 6.60. The van der Waals surface area contributed by atoms with Gasteiger partial charge in [-0.3, -0.25) is 4.79 Å². The average Bonchev–Trinajstić information content (AvgIpc) is 2.13. The van der Waals surface area contributed by atoms with E-state index in [9.17, 15) is 9.90 Å². The first-order valence-electron chi connectivity index (χ1n) is 5.76. The van der Waals surface area contributed by atoms with Crippen molar-refractivity contribution in [2.24, 2.45) is 5.92 Å². The zero-order chi connectivity index (χ0) is 12.8. The van der Waals surface area contributed by atoms with Gasteiger partial charge in [0.25, 0.3) is 0 Å². The van der Waals surface area contributed by atoms with E-state index < -0.39 is 11.7 Å². The topological polar surface area (TPSA) is 58.6 Å². The Morgan fingerprint density at radius 3 is 2.44 bits per heavy atom. The molecule has 0 aliphatic rings. The second-order valence-corrected chi connectivity index (χ2v) is 5.23. The fourth-order valence-corrected chi connectivity index (χ4v) is 1.38. The van der Waals surface area contributed by atoms with Gasteiger partial charge in [-0.15, -0.1) is 0 Å². The Balaban J connectivity index is 3.81. The molecule has 0 bridgehead atoms. The van der Waals surface area contributed by atoms with Gasteiger partial charge >= 0.3 is 0 Å². The molecule has 4 heteroatoms. The summed E-state index contributed by atoms with van der Waals surface area (Å²) in [5.74, 6) is 0.344. The van der Waals surface area contributed by atoms with E-state index in [1.54, 1.807) is 7.11 Å². The monoisotopic (exact) mass is 231 g/mol. The number of methoxy groups -OCH3 is 1. The molecule has 0 aliphatic carbocycles. The predicted octanol–water partition coefficient (Wildman–Crippen LogP) is 1.32. The molecule has 0 saturated carbocycles. The molecule has 0 rings (SSSR count). The molecular formula is C12H25NO3. The summed E-state index contributed by atoms with van der Waals surface area (Å²) in [4.78, 5) is 11.5. The minimum Gasteiger partial charge on any atom is -0.391 e. The van der Waals surface area contributed by atoms with Gasteiger partial charge in [-0.05, 0) is 26.2 Å². The minimum absolute atomic E-state index is 0.0883. The Bertz CT molecular complexity index is 214. The van der Waals surface area contributed by atoms with Gasteiger partial charge in [0.1, 0.15) is 0 Å². The Labute approximate surface area is 98.4 Å². The number of aliphatic hydroxyl groups excluding tert-OH is 1. The van der Waals surface area contributed by atoms with Gasteiger partial charge in [0, 0.05) is 13.7 Å². The van der Waals surface area contributed by atoms with Crippen molar-refractivity contribution in [2.45, 2.75) is 52.2 Å². The summed E-state index contributed by atoms with van der Waals surface area (Å²) >= 11 is 0. The summed E-state index contributed by atoms with van der Waals surface area (Å²) in [5, 5.41) is 12.3. The summed E-state index contributed by atoms with van der Waals surface area (Å²) in [6, 6.07) is 0. The average molecular weight is 231 g/mol. The van der Waals surface area contributed by atoms with Crippen LogP contribution in [0.5, 0.6) is 0 Å². The van der Waals surface area contributed by atoms with E-state index in [-0.39, 0.29) is 5.91 Å². The molecule has 0 saturated heterocycles. The maximum Gasteiger partial charge on any atom is 0.222 e. The zero-order valence-electron chi connectivity index (χ0n) is 11.0. The molecule has 1 unspecified atom stereocenters. The quantitative estimate of drug-likeness (QED) is 0.695. The molecule has 1 atom stereocenters. The van der Waals surface area contributed by atoms with Crippen LogP contribution in [-0.4, -0.2) is 36.4 Å². The molecule has 0 heterocycles. The van der Waals surface area contributed by atoms with Gasteiger partial charge in [-0.25, -0.2) is 0 Å². The fourth-order valence-electron chi connectivity index (χ4n) is 1.38. The summed E-state index contributed by atoms with van der Waals surface area (Å²) in [6.07, 6.45) is 0.542. The maximum absolute atomic E-state index is 11.5. The third kappa shape index (κ3) is 7.65. The molecule has 0 aliphatic heterocycles. The normalized spacial score (nSPS) is 13.9. The van der Waals surface area contributed by atoms with Crippen LogP contribution in [-0.2, 0) is 9.53 Å². The van der Waals surface area contributed by atoms with Crippen molar-refractivity contribution in [3.8, 4) is 0 Å². The lowest BCUT2D eigenvalue weighted by Crippen LogP contribution is -2.37. The standard InChI is InChI=1S/C12H25NO3/c1-9(2)6-10(14)8-13-11(15)7-12(3,4)16-5/h9-10,14H,6-8H2,1-5H3,(H,13,15). The number of aliphatic hydroxyl groups is 1. The molecule has 4 nitrogen and oxygen atoms in total. The van der Waals surface area contributed by atoms with Crippen LogP contribution >= 0.6 is 0 Å². The number of ether oxygens (including phenoxy) is 1. The van der Waals surface area contributed by atoms with Crippen LogP contribution in [0.25, 0.3) is 0 Å². The summed E-state index contributed by atoms with van der Waals surface area (Å²) < 4.78 is 5.16. The SMILES string of the molecule is COC(C)(C)CC(=O)NCC(O)CC(C)C. The van der Waals surface area contributed by atoms with Crippen molar-refractivity contribution in [1.82, 2.24) is 5.32 Å². The van der Waals surface area contributed by atoms with Gasteiger partial charge in [0.15, 0.2) is 0 Å². The Morgan fingerprint density at radius 1 is 1.44 bits per heavy atom. The van der Waals surface area contributed by atoms with Crippen LogP contribution in [0, 0.1) is 5.92 Å². The Hall–Kier alpha value is -0.610. The van der Waals surface area contributed by atoms with E-state index in [1.807, 2.05) is 27.7 Å². The van der Waals surface area contributed by atoms with Gasteiger partial charge in [0.2, 0.25) is 5.91 Å². The summed E-state index contributed by atoms with van der Waals surface area (Å²) in [6.45, 7) is 8.11. The van der Waals surface area contributed by atoms with Gasteiger partial charge in [-0.1, -0.05) is 13.8 Å². The zero-order valence-corrected chi connectivity index (χ0v) is 11.0. The first kappa shape index (κ1) is 15.4. The lowest BCUT2D eigenvalue weighted by Gasteiger charge is -2.22. The highest BCUT2D eigenvalue weighted by molar-refractivity contribution is 5.76. The lowest BCUT2D eigenvalue weighted by atomic mass is 10.0. The van der Waals surface area contributed by atoms with E-state index >= 15 is 0 Å². The number of carbonyl (C=O) groups excluding carboxylic acids is 1. The molecule has 16 heavy (non-hydrogen) atoms. The van der Waals surface area contributed by atoms with Gasteiger partial charge < -0.3 is 15.2 Å². The molecule has 96 valence electrons. The number of rotatable bonds is 7. The molecule has 0 aromatic carbocycles. The second-order valence-electron chi connectivity index (χ2n) is 5.23. The smallest absolute Gasteiger partial charge is 0.222 e. The van der Waals surface area contributed by atoms with E-state index in [0.29, 0.717) is 25.3 Å². The van der Waals surface area contributed by atoms with Crippen molar-refractivity contribution in [3.63, 3.8) is 0 Å². The summed E-state index contributed by atoms with van der Waals surface area (Å²) in [5.41, 5.74) is -0.451. The van der Waals surface area contributed by atoms with E-state index in [4.69, 9.17) is 4.74 Å². The van der Waals surface area contributed by atoms with Crippen molar-refractivity contribution < 1.29 is 14.6 Å². The minimum atomic E-state index is -0.463. The van der Waals surface area contributed by atoms with Crippen molar-refractivity contribution in [3.05, 3.63) is 0 Å². The molecule has 0 aromatic rings. The van der Waals surface area contributed by atoms with Crippen LogP contribution in [0.15, 0.2) is 0 Å². The van der Waals surface area contributed by atoms with E-state index in [0.717, 1.165) is 0 Å². The number of amides is 1. The third-order valence-corrected chi connectivity index (χ3v) is 2.42. The molecule has 0 radical (unpaired) electrons. The van der Waals surface area contributed by atoms with Crippen LogP contribution in [0.2, 0.25) is 0 Å². The number of carbonyl (C=O) groups is 1. The van der Waals surface area contributed by atoms with Crippen molar-refractivity contribution in [1.29, 1.82) is 0 Å². The van der Waals surface area contributed by atoms with Crippen molar-refractivity contribution >= 4 is 5.91 Å². The van der Waals surface area contributed by atoms with E-state index in [1.165, 1.54) is 0 Å². The van der Waals surface area contributed by atoms with Crippen LogP contribution < -0.4 is 5.32 Å². The molecule has 0 aromatic heterocycles. The molecule has 1 amide bonds. The van der Waals surface area contributed by atoms with E-state index in [2.05, 4.69) is 5.32 Å². The molecule has 0 fully saturated rings. The number of hydrogen-bond donors (Lipinski definition) is 2. The highest BCUT2D eigenvalue weighted by atomic mass is 16.5. The van der Waals surface area contributed by atoms with Crippen LogP contribution in [0.1, 0.15) is 40.5 Å². The fraction of sp³-hybridized carbons (Fsp3) is 0.917. The summed E-state index contributed by atoms with van der Waals surface area (Å²) in [7, 11) is 1.58. The van der Waals surface area contributed by atoms with Crippen LogP contribution in [0.4, 0.5) is 0 Å². The van der Waals surface area contributed by atoms with Crippen LogP contribution in [0.3, 0.4) is 0 Å². The highest BCUT2D eigenvalue weighted by Crippen LogP contribution is 2.12. The maximum atomic E-state index is 11.5. The highest BCUT2D eigenvalue weighted by Gasteiger charge is 2.21. The molecule has 0 spiro atoms. The van der Waals surface area contributed by atoms with Gasteiger partial charge in [-0.2, -0.15) is 0 Å². The molecule has 2 N–H and O–H groups in total. The number of hydrogen-bond acceptors (Lipinski definition) is 3.